The molecular weight excluding hydrogens is 222 g/mol. The van der Waals surface area contributed by atoms with Crippen molar-refractivity contribution >= 4 is 5.69 Å². The molecule has 1 aromatic heterocycles. The number of anilines is 1. The molecule has 3 heteroatoms. The van der Waals surface area contributed by atoms with E-state index in [1.807, 2.05) is 18.3 Å². The summed E-state index contributed by atoms with van der Waals surface area (Å²) in [7, 11) is 4.12. The Labute approximate surface area is 108 Å². The molecule has 2 rings (SSSR count). The van der Waals surface area contributed by atoms with E-state index in [1.165, 1.54) is 11.3 Å². The molecule has 18 heavy (non-hydrogen) atoms. The highest BCUT2D eigenvalue weighted by Crippen LogP contribution is 2.11. The van der Waals surface area contributed by atoms with Crippen LogP contribution in [-0.2, 0) is 13.1 Å². The zero-order valence-electron chi connectivity index (χ0n) is 11.0. The Morgan fingerprint density at radius 1 is 1.00 bits per heavy atom. The number of benzene rings is 1. The van der Waals surface area contributed by atoms with Crippen molar-refractivity contribution < 1.29 is 5.32 Å². The maximum atomic E-state index is 4.31. The third kappa shape index (κ3) is 3.57. The SMILES string of the molecule is CN(C)c1ccc(C[NH2+]Cc2ccccn2)cc1. The summed E-state index contributed by atoms with van der Waals surface area (Å²) in [5.74, 6) is 0. The monoisotopic (exact) mass is 242 g/mol. The number of aromatic nitrogens is 1. The average molecular weight is 242 g/mol. The van der Waals surface area contributed by atoms with Crippen LogP contribution in [0.25, 0.3) is 0 Å². The molecule has 0 saturated heterocycles. The van der Waals surface area contributed by atoms with E-state index in [-0.39, 0.29) is 0 Å². The van der Waals surface area contributed by atoms with Gasteiger partial charge in [0.15, 0.2) is 0 Å². The number of pyridine rings is 1. The third-order valence-corrected chi connectivity index (χ3v) is 2.91. The van der Waals surface area contributed by atoms with Crippen LogP contribution in [0.4, 0.5) is 5.69 Å². The van der Waals surface area contributed by atoms with E-state index in [0.717, 1.165) is 18.8 Å². The van der Waals surface area contributed by atoms with E-state index >= 15 is 0 Å². The van der Waals surface area contributed by atoms with Crippen LogP contribution >= 0.6 is 0 Å². The van der Waals surface area contributed by atoms with Crippen LogP contribution in [0.3, 0.4) is 0 Å². The summed E-state index contributed by atoms with van der Waals surface area (Å²) < 4.78 is 0. The molecular formula is C15H20N3+. The van der Waals surface area contributed by atoms with Gasteiger partial charge in [-0.3, -0.25) is 4.98 Å². The van der Waals surface area contributed by atoms with Crippen molar-refractivity contribution in [2.24, 2.45) is 0 Å². The number of rotatable bonds is 5. The minimum atomic E-state index is 0.927. The number of nitrogens with two attached hydrogens (primary N) is 1. The third-order valence-electron chi connectivity index (χ3n) is 2.91. The van der Waals surface area contributed by atoms with Crippen LogP contribution in [-0.4, -0.2) is 19.1 Å². The van der Waals surface area contributed by atoms with Crippen molar-refractivity contribution in [3.63, 3.8) is 0 Å². The fourth-order valence-corrected chi connectivity index (χ4v) is 1.84. The van der Waals surface area contributed by atoms with Crippen molar-refractivity contribution in [3.05, 3.63) is 59.9 Å². The van der Waals surface area contributed by atoms with Gasteiger partial charge in [0.25, 0.3) is 0 Å². The first-order valence-corrected chi connectivity index (χ1v) is 6.23. The van der Waals surface area contributed by atoms with Crippen LogP contribution in [0, 0.1) is 0 Å². The predicted octanol–water partition coefficient (Wildman–Crippen LogP) is 1.41. The van der Waals surface area contributed by atoms with Crippen molar-refractivity contribution in [1.82, 2.24) is 4.98 Å². The summed E-state index contributed by atoms with van der Waals surface area (Å²) in [6.07, 6.45) is 1.84. The molecule has 0 unspecified atom stereocenters. The zero-order valence-corrected chi connectivity index (χ0v) is 11.0. The van der Waals surface area contributed by atoms with Gasteiger partial charge in [-0.25, -0.2) is 0 Å². The molecule has 0 fully saturated rings. The van der Waals surface area contributed by atoms with Crippen molar-refractivity contribution in [3.8, 4) is 0 Å². The number of hydrogen-bond donors (Lipinski definition) is 1. The molecule has 0 spiro atoms. The summed E-state index contributed by atoms with van der Waals surface area (Å²) in [6, 6.07) is 14.7. The van der Waals surface area contributed by atoms with E-state index in [4.69, 9.17) is 0 Å². The molecule has 0 atom stereocenters. The van der Waals surface area contributed by atoms with Gasteiger partial charge in [0, 0.05) is 31.5 Å². The van der Waals surface area contributed by atoms with Gasteiger partial charge in [0.05, 0.1) is 5.69 Å². The second-order valence-corrected chi connectivity index (χ2v) is 4.58. The number of quaternary nitrogens is 1. The maximum absolute atomic E-state index is 4.31. The molecule has 1 aromatic carbocycles. The summed E-state index contributed by atoms with van der Waals surface area (Å²) in [6.45, 7) is 1.92. The lowest BCUT2D eigenvalue weighted by atomic mass is 10.2. The van der Waals surface area contributed by atoms with E-state index < -0.39 is 0 Å². The topological polar surface area (TPSA) is 32.7 Å². The Kier molecular flexibility index (Phi) is 4.31. The predicted molar refractivity (Wildman–Crippen MR) is 74.3 cm³/mol. The van der Waals surface area contributed by atoms with Gasteiger partial charge in [-0.2, -0.15) is 0 Å². The molecule has 0 saturated carbocycles. The minimum absolute atomic E-state index is 0.927. The number of nitrogens with zero attached hydrogens (tertiary/aromatic N) is 2. The summed E-state index contributed by atoms with van der Waals surface area (Å²) in [5.41, 5.74) is 3.71. The molecule has 94 valence electrons. The molecule has 0 aliphatic rings. The lowest BCUT2D eigenvalue weighted by Crippen LogP contribution is -2.80. The summed E-state index contributed by atoms with van der Waals surface area (Å²) >= 11 is 0. The minimum Gasteiger partial charge on any atom is -0.378 e. The number of hydrogen-bond acceptors (Lipinski definition) is 2. The van der Waals surface area contributed by atoms with Crippen molar-refractivity contribution in [2.45, 2.75) is 13.1 Å². The molecule has 3 nitrogen and oxygen atoms in total. The first kappa shape index (κ1) is 12.6. The van der Waals surface area contributed by atoms with Crippen molar-refractivity contribution in [1.29, 1.82) is 0 Å². The van der Waals surface area contributed by atoms with Gasteiger partial charge < -0.3 is 10.2 Å². The molecule has 2 N–H and O–H groups in total. The van der Waals surface area contributed by atoms with Crippen LogP contribution < -0.4 is 10.2 Å². The summed E-state index contributed by atoms with van der Waals surface area (Å²) in [5, 5.41) is 2.27. The van der Waals surface area contributed by atoms with Gasteiger partial charge in [-0.05, 0) is 24.3 Å². The first-order valence-electron chi connectivity index (χ1n) is 6.23. The van der Waals surface area contributed by atoms with Gasteiger partial charge in [0.1, 0.15) is 13.1 Å². The molecule has 0 aliphatic carbocycles. The second-order valence-electron chi connectivity index (χ2n) is 4.58. The maximum Gasteiger partial charge on any atom is 0.119 e. The highest BCUT2D eigenvalue weighted by atomic mass is 15.1. The van der Waals surface area contributed by atoms with Gasteiger partial charge >= 0.3 is 0 Å². The van der Waals surface area contributed by atoms with E-state index in [0.29, 0.717) is 0 Å². The zero-order chi connectivity index (χ0) is 12.8. The van der Waals surface area contributed by atoms with Crippen LogP contribution in [0.2, 0.25) is 0 Å². The van der Waals surface area contributed by atoms with Crippen LogP contribution in [0.5, 0.6) is 0 Å². The lowest BCUT2D eigenvalue weighted by molar-refractivity contribution is -0.686. The van der Waals surface area contributed by atoms with Gasteiger partial charge in [-0.1, -0.05) is 18.2 Å². The van der Waals surface area contributed by atoms with Crippen molar-refractivity contribution in [2.75, 3.05) is 19.0 Å². The van der Waals surface area contributed by atoms with Crippen LogP contribution in [0.15, 0.2) is 48.7 Å². The van der Waals surface area contributed by atoms with Gasteiger partial charge in [-0.15, -0.1) is 0 Å². The molecule has 0 amide bonds. The second kappa shape index (κ2) is 6.17. The Hall–Kier alpha value is -1.87. The standard InChI is InChI=1S/C15H19N3/c1-18(2)15-8-6-13(7-9-15)11-16-12-14-5-3-4-10-17-14/h3-10,16H,11-12H2,1-2H3/p+1. The lowest BCUT2D eigenvalue weighted by Gasteiger charge is -2.12. The smallest absolute Gasteiger partial charge is 0.119 e. The Balaban J connectivity index is 1.83. The molecule has 0 radical (unpaired) electrons. The molecule has 0 bridgehead atoms. The summed E-state index contributed by atoms with van der Waals surface area (Å²) in [4.78, 5) is 6.42. The van der Waals surface area contributed by atoms with E-state index in [2.05, 4.69) is 59.6 Å². The highest BCUT2D eigenvalue weighted by Gasteiger charge is 1.99. The fraction of sp³-hybridized carbons (Fsp3) is 0.267. The Morgan fingerprint density at radius 2 is 1.78 bits per heavy atom. The first-order chi connectivity index (χ1) is 8.75. The Bertz CT molecular complexity index is 463. The average Bonchev–Trinajstić information content (AvgIpc) is 2.40. The molecule has 1 heterocycles. The largest absolute Gasteiger partial charge is 0.378 e. The fourth-order valence-electron chi connectivity index (χ4n) is 1.84. The Morgan fingerprint density at radius 3 is 2.39 bits per heavy atom. The van der Waals surface area contributed by atoms with E-state index in [1.54, 1.807) is 0 Å². The molecule has 0 aliphatic heterocycles. The van der Waals surface area contributed by atoms with E-state index in [9.17, 15) is 0 Å². The molecule has 2 aromatic rings. The normalized spacial score (nSPS) is 10.3. The quantitative estimate of drug-likeness (QED) is 0.860. The van der Waals surface area contributed by atoms with Gasteiger partial charge in [0.2, 0.25) is 0 Å². The van der Waals surface area contributed by atoms with Crippen LogP contribution in [0.1, 0.15) is 11.3 Å². The highest BCUT2D eigenvalue weighted by molar-refractivity contribution is 5.45.